The Hall–Kier alpha value is -1.61. The van der Waals surface area contributed by atoms with Gasteiger partial charge >= 0.3 is 0 Å². The zero-order chi connectivity index (χ0) is 13.2. The van der Waals surface area contributed by atoms with Crippen LogP contribution in [0.4, 0.5) is 5.82 Å². The fourth-order valence-corrected chi connectivity index (χ4v) is 2.74. The van der Waals surface area contributed by atoms with E-state index in [-0.39, 0.29) is 0 Å². The highest BCUT2D eigenvalue weighted by Crippen LogP contribution is 2.25. The molecule has 0 atom stereocenters. The van der Waals surface area contributed by atoms with E-state index < -0.39 is 0 Å². The number of hydrogen-bond donors (Lipinski definition) is 1. The molecular formula is C16H21N3. The molecule has 1 saturated heterocycles. The summed E-state index contributed by atoms with van der Waals surface area (Å²) in [5.74, 6) is 1.18. The molecule has 100 valence electrons. The standard InChI is InChI=1S/C16H21N3/c1-3-13-11-14-10-12(2)4-5-15(14)18-16(13)19-8-6-17-7-9-19/h4-5,10-11,17H,3,6-9H2,1-2H3. The Morgan fingerprint density at radius 2 is 2.00 bits per heavy atom. The van der Waals surface area contributed by atoms with Gasteiger partial charge in [-0.1, -0.05) is 18.6 Å². The number of aromatic nitrogens is 1. The summed E-state index contributed by atoms with van der Waals surface area (Å²) < 4.78 is 0. The van der Waals surface area contributed by atoms with Crippen LogP contribution in [0.5, 0.6) is 0 Å². The fourth-order valence-electron chi connectivity index (χ4n) is 2.74. The fraction of sp³-hybridized carbons (Fsp3) is 0.438. The van der Waals surface area contributed by atoms with E-state index in [2.05, 4.69) is 48.3 Å². The van der Waals surface area contributed by atoms with E-state index >= 15 is 0 Å². The summed E-state index contributed by atoms with van der Waals surface area (Å²) in [6.07, 6.45) is 1.04. The molecule has 2 heterocycles. The van der Waals surface area contributed by atoms with Crippen LogP contribution in [-0.4, -0.2) is 31.2 Å². The Balaban J connectivity index is 2.09. The third-order valence-corrected chi connectivity index (χ3v) is 3.82. The number of anilines is 1. The molecular weight excluding hydrogens is 234 g/mol. The van der Waals surface area contributed by atoms with Crippen molar-refractivity contribution in [1.82, 2.24) is 10.3 Å². The van der Waals surface area contributed by atoms with Crippen molar-refractivity contribution in [1.29, 1.82) is 0 Å². The monoisotopic (exact) mass is 255 g/mol. The third-order valence-electron chi connectivity index (χ3n) is 3.82. The highest BCUT2D eigenvalue weighted by atomic mass is 15.2. The molecule has 0 aliphatic carbocycles. The molecule has 1 aromatic heterocycles. The van der Waals surface area contributed by atoms with Gasteiger partial charge in [0.1, 0.15) is 5.82 Å². The van der Waals surface area contributed by atoms with Gasteiger partial charge in [-0.15, -0.1) is 0 Å². The number of hydrogen-bond acceptors (Lipinski definition) is 3. The highest BCUT2D eigenvalue weighted by Gasteiger charge is 2.15. The van der Waals surface area contributed by atoms with Gasteiger partial charge in [-0.2, -0.15) is 0 Å². The van der Waals surface area contributed by atoms with Crippen molar-refractivity contribution in [3.63, 3.8) is 0 Å². The number of nitrogens with one attached hydrogen (secondary N) is 1. The summed E-state index contributed by atoms with van der Waals surface area (Å²) in [5.41, 5.74) is 3.77. The second kappa shape index (κ2) is 5.17. The smallest absolute Gasteiger partial charge is 0.132 e. The molecule has 3 heteroatoms. The first-order valence-corrected chi connectivity index (χ1v) is 7.14. The van der Waals surface area contributed by atoms with E-state index in [9.17, 15) is 0 Å². The minimum atomic E-state index is 1.04. The molecule has 1 aliphatic heterocycles. The predicted octanol–water partition coefficient (Wildman–Crippen LogP) is 2.52. The van der Waals surface area contributed by atoms with Gasteiger partial charge in [0.25, 0.3) is 0 Å². The quantitative estimate of drug-likeness (QED) is 0.893. The lowest BCUT2D eigenvalue weighted by Crippen LogP contribution is -2.44. The van der Waals surface area contributed by atoms with Crippen LogP contribution in [0, 0.1) is 6.92 Å². The topological polar surface area (TPSA) is 28.2 Å². The summed E-state index contributed by atoms with van der Waals surface area (Å²) in [6.45, 7) is 8.56. The summed E-state index contributed by atoms with van der Waals surface area (Å²) in [5, 5.41) is 4.66. The zero-order valence-electron chi connectivity index (χ0n) is 11.7. The maximum Gasteiger partial charge on any atom is 0.132 e. The third kappa shape index (κ3) is 2.43. The van der Waals surface area contributed by atoms with Gasteiger partial charge in [-0.05, 0) is 37.1 Å². The lowest BCUT2D eigenvalue weighted by atomic mass is 10.1. The van der Waals surface area contributed by atoms with Crippen LogP contribution in [0.1, 0.15) is 18.1 Å². The number of benzene rings is 1. The van der Waals surface area contributed by atoms with Crippen molar-refractivity contribution in [3.05, 3.63) is 35.4 Å². The molecule has 1 aliphatic rings. The number of fused-ring (bicyclic) bond motifs is 1. The van der Waals surface area contributed by atoms with Crippen molar-refractivity contribution < 1.29 is 0 Å². The van der Waals surface area contributed by atoms with Crippen LogP contribution in [0.15, 0.2) is 24.3 Å². The van der Waals surface area contributed by atoms with Gasteiger partial charge in [0.05, 0.1) is 5.52 Å². The predicted molar refractivity (Wildman–Crippen MR) is 80.9 cm³/mol. The minimum Gasteiger partial charge on any atom is -0.354 e. The molecule has 1 fully saturated rings. The number of pyridine rings is 1. The van der Waals surface area contributed by atoms with Crippen molar-refractivity contribution in [2.75, 3.05) is 31.1 Å². The summed E-state index contributed by atoms with van der Waals surface area (Å²) in [4.78, 5) is 7.32. The van der Waals surface area contributed by atoms with E-state index in [1.54, 1.807) is 0 Å². The summed E-state index contributed by atoms with van der Waals surface area (Å²) in [6, 6.07) is 8.81. The van der Waals surface area contributed by atoms with Crippen molar-refractivity contribution >= 4 is 16.7 Å². The summed E-state index contributed by atoms with van der Waals surface area (Å²) in [7, 11) is 0. The Kier molecular flexibility index (Phi) is 3.38. The molecule has 0 spiro atoms. The molecule has 0 amide bonds. The van der Waals surface area contributed by atoms with Gasteiger partial charge < -0.3 is 10.2 Å². The van der Waals surface area contributed by atoms with E-state index in [0.717, 1.165) is 38.1 Å². The van der Waals surface area contributed by atoms with Gasteiger partial charge in [-0.3, -0.25) is 0 Å². The minimum absolute atomic E-state index is 1.04. The second-order valence-electron chi connectivity index (χ2n) is 5.26. The van der Waals surface area contributed by atoms with Gasteiger partial charge in [0, 0.05) is 31.6 Å². The average molecular weight is 255 g/mol. The highest BCUT2D eigenvalue weighted by molar-refractivity contribution is 5.82. The molecule has 0 unspecified atom stereocenters. The van der Waals surface area contributed by atoms with Crippen LogP contribution in [0.2, 0.25) is 0 Å². The number of aryl methyl sites for hydroxylation is 2. The molecule has 19 heavy (non-hydrogen) atoms. The van der Waals surface area contributed by atoms with Crippen molar-refractivity contribution in [3.8, 4) is 0 Å². The van der Waals surface area contributed by atoms with Crippen LogP contribution >= 0.6 is 0 Å². The van der Waals surface area contributed by atoms with Crippen molar-refractivity contribution in [2.24, 2.45) is 0 Å². The Bertz CT molecular complexity index is 586. The van der Waals surface area contributed by atoms with Crippen LogP contribution in [-0.2, 0) is 6.42 Å². The number of nitrogens with zero attached hydrogens (tertiary/aromatic N) is 2. The lowest BCUT2D eigenvalue weighted by Gasteiger charge is -2.30. The maximum absolute atomic E-state index is 4.91. The first-order valence-electron chi connectivity index (χ1n) is 7.14. The molecule has 3 nitrogen and oxygen atoms in total. The number of piperazine rings is 1. The molecule has 0 bridgehead atoms. The summed E-state index contributed by atoms with van der Waals surface area (Å²) >= 11 is 0. The van der Waals surface area contributed by atoms with E-state index in [1.807, 2.05) is 0 Å². The van der Waals surface area contributed by atoms with Crippen LogP contribution in [0.3, 0.4) is 0 Å². The Labute approximate surface area is 114 Å². The van der Waals surface area contributed by atoms with Gasteiger partial charge in [-0.25, -0.2) is 4.98 Å². The normalized spacial score (nSPS) is 16.0. The number of rotatable bonds is 2. The van der Waals surface area contributed by atoms with E-state index in [4.69, 9.17) is 4.98 Å². The molecule has 0 saturated carbocycles. The van der Waals surface area contributed by atoms with Crippen LogP contribution < -0.4 is 10.2 Å². The van der Waals surface area contributed by atoms with Crippen LogP contribution in [0.25, 0.3) is 10.9 Å². The van der Waals surface area contributed by atoms with Gasteiger partial charge in [0.15, 0.2) is 0 Å². The van der Waals surface area contributed by atoms with E-state index in [0.29, 0.717) is 0 Å². The second-order valence-corrected chi connectivity index (χ2v) is 5.26. The Morgan fingerprint density at radius 1 is 1.21 bits per heavy atom. The van der Waals surface area contributed by atoms with Crippen molar-refractivity contribution in [2.45, 2.75) is 20.3 Å². The zero-order valence-corrected chi connectivity index (χ0v) is 11.7. The Morgan fingerprint density at radius 3 is 2.74 bits per heavy atom. The van der Waals surface area contributed by atoms with E-state index in [1.165, 1.54) is 22.3 Å². The average Bonchev–Trinajstić information content (AvgIpc) is 2.46. The molecule has 3 rings (SSSR count). The molecule has 0 radical (unpaired) electrons. The molecule has 2 aromatic rings. The lowest BCUT2D eigenvalue weighted by molar-refractivity contribution is 0.584. The first-order chi connectivity index (χ1) is 9.28. The maximum atomic E-state index is 4.91. The molecule has 1 aromatic carbocycles. The largest absolute Gasteiger partial charge is 0.354 e. The van der Waals surface area contributed by atoms with Gasteiger partial charge in [0.2, 0.25) is 0 Å². The first kappa shape index (κ1) is 12.4. The molecule has 1 N–H and O–H groups in total. The SMILES string of the molecule is CCc1cc2cc(C)ccc2nc1N1CCNCC1.